The topological polar surface area (TPSA) is 66.5 Å². The largest absolute Gasteiger partial charge is 0.495 e. The summed E-state index contributed by atoms with van der Waals surface area (Å²) >= 11 is 6.01. The number of anilines is 4. The summed E-state index contributed by atoms with van der Waals surface area (Å²) in [6.45, 7) is 0. The van der Waals surface area contributed by atoms with Crippen LogP contribution in [-0.2, 0) is 0 Å². The van der Waals surface area contributed by atoms with E-state index in [2.05, 4.69) is 15.6 Å². The minimum Gasteiger partial charge on any atom is -0.495 e. The number of halogens is 1. The van der Waals surface area contributed by atoms with Crippen LogP contribution < -0.4 is 20.3 Å². The van der Waals surface area contributed by atoms with Crippen LogP contribution in [0.2, 0.25) is 5.02 Å². The highest BCUT2D eigenvalue weighted by atomic mass is 35.5. The number of hydrogen-bond acceptors (Lipinski definition) is 5. The minimum atomic E-state index is -0.354. The lowest BCUT2D eigenvalue weighted by Crippen LogP contribution is -2.14. The van der Waals surface area contributed by atoms with E-state index in [0.717, 1.165) is 17.1 Å². The van der Waals surface area contributed by atoms with Crippen LogP contribution in [0.25, 0.3) is 0 Å². The zero-order valence-corrected chi connectivity index (χ0v) is 16.6. The summed E-state index contributed by atoms with van der Waals surface area (Å²) in [6.07, 6.45) is 1.58. The van der Waals surface area contributed by atoms with Gasteiger partial charge in [-0.1, -0.05) is 11.6 Å². The summed E-state index contributed by atoms with van der Waals surface area (Å²) in [7, 11) is 5.51. The molecule has 0 atom stereocenters. The number of carbonyl (C=O) groups is 1. The fraction of sp³-hybridized carbons (Fsp3) is 0.143. The first-order chi connectivity index (χ1) is 13.5. The lowest BCUT2D eigenvalue weighted by molar-refractivity contribution is 0.102. The molecule has 3 rings (SSSR count). The van der Waals surface area contributed by atoms with E-state index in [1.807, 2.05) is 43.3 Å². The lowest BCUT2D eigenvalue weighted by atomic mass is 10.2. The third-order valence-electron chi connectivity index (χ3n) is 4.07. The second-order valence-electron chi connectivity index (χ2n) is 6.29. The van der Waals surface area contributed by atoms with Gasteiger partial charge in [0.1, 0.15) is 11.4 Å². The maximum absolute atomic E-state index is 12.6. The van der Waals surface area contributed by atoms with Gasteiger partial charge >= 0.3 is 0 Å². The smallest absolute Gasteiger partial charge is 0.274 e. The van der Waals surface area contributed by atoms with Gasteiger partial charge in [0.15, 0.2) is 0 Å². The molecule has 0 radical (unpaired) electrons. The van der Waals surface area contributed by atoms with E-state index in [9.17, 15) is 4.79 Å². The second-order valence-corrected chi connectivity index (χ2v) is 6.73. The number of benzene rings is 2. The first-order valence-corrected chi connectivity index (χ1v) is 8.99. The number of carbonyl (C=O) groups excluding carboxylic acids is 1. The van der Waals surface area contributed by atoms with Crippen LogP contribution in [0.1, 0.15) is 10.5 Å². The van der Waals surface area contributed by atoms with Crippen molar-refractivity contribution in [2.45, 2.75) is 0 Å². The summed E-state index contributed by atoms with van der Waals surface area (Å²) in [5.74, 6) is 0.167. The summed E-state index contributed by atoms with van der Waals surface area (Å²) in [4.78, 5) is 18.8. The van der Waals surface area contributed by atoms with E-state index in [-0.39, 0.29) is 11.6 Å². The Labute approximate surface area is 169 Å². The van der Waals surface area contributed by atoms with E-state index in [1.165, 1.54) is 7.11 Å². The van der Waals surface area contributed by atoms with Crippen molar-refractivity contribution in [3.05, 3.63) is 71.5 Å². The Morgan fingerprint density at radius 3 is 2.46 bits per heavy atom. The van der Waals surface area contributed by atoms with Crippen molar-refractivity contribution in [2.24, 2.45) is 0 Å². The van der Waals surface area contributed by atoms with Gasteiger partial charge in [0.05, 0.1) is 12.8 Å². The molecule has 2 aromatic carbocycles. The Kier molecular flexibility index (Phi) is 6.01. The fourth-order valence-corrected chi connectivity index (χ4v) is 2.78. The number of ether oxygens (including phenoxy) is 1. The Hall–Kier alpha value is -3.25. The first-order valence-electron chi connectivity index (χ1n) is 8.61. The van der Waals surface area contributed by atoms with Crippen molar-refractivity contribution in [1.82, 2.24) is 4.98 Å². The number of aromatic nitrogens is 1. The van der Waals surface area contributed by atoms with Crippen molar-refractivity contribution in [1.29, 1.82) is 0 Å². The number of methoxy groups -OCH3 is 1. The first kappa shape index (κ1) is 19.5. The highest BCUT2D eigenvalue weighted by molar-refractivity contribution is 6.31. The molecule has 3 aromatic rings. The molecule has 1 heterocycles. The summed E-state index contributed by atoms with van der Waals surface area (Å²) in [6, 6.07) is 16.5. The molecule has 0 fully saturated rings. The van der Waals surface area contributed by atoms with Crippen LogP contribution in [0.4, 0.5) is 22.7 Å². The van der Waals surface area contributed by atoms with Crippen molar-refractivity contribution in [3.8, 4) is 5.75 Å². The molecule has 0 bridgehead atoms. The molecule has 1 amide bonds. The Morgan fingerprint density at radius 1 is 1.04 bits per heavy atom. The average Bonchev–Trinajstić information content (AvgIpc) is 2.69. The van der Waals surface area contributed by atoms with Gasteiger partial charge in [-0.15, -0.1) is 0 Å². The lowest BCUT2D eigenvalue weighted by Gasteiger charge is -2.14. The number of rotatable bonds is 6. The molecule has 0 saturated carbocycles. The van der Waals surface area contributed by atoms with E-state index in [0.29, 0.717) is 16.5 Å². The minimum absolute atomic E-state index is 0.275. The molecule has 7 heteroatoms. The summed E-state index contributed by atoms with van der Waals surface area (Å²) < 4.78 is 5.26. The van der Waals surface area contributed by atoms with E-state index in [1.54, 1.807) is 36.5 Å². The summed E-state index contributed by atoms with van der Waals surface area (Å²) in [5.41, 5.74) is 3.54. The second kappa shape index (κ2) is 8.63. The van der Waals surface area contributed by atoms with E-state index >= 15 is 0 Å². The molecule has 0 aliphatic carbocycles. The molecule has 0 unspecified atom stereocenters. The predicted molar refractivity (Wildman–Crippen MR) is 114 cm³/mol. The molecule has 0 aliphatic rings. The molecular formula is C21H21ClN4O2. The molecule has 1 aromatic heterocycles. The van der Waals surface area contributed by atoms with Crippen molar-refractivity contribution in [2.75, 3.05) is 36.7 Å². The normalized spacial score (nSPS) is 10.3. The van der Waals surface area contributed by atoms with Crippen LogP contribution in [0.15, 0.2) is 60.8 Å². The van der Waals surface area contributed by atoms with Gasteiger partial charge in [-0.25, -0.2) is 0 Å². The predicted octanol–water partition coefficient (Wildman–Crippen LogP) is 4.81. The molecule has 144 valence electrons. The molecule has 0 spiro atoms. The number of nitrogens with one attached hydrogen (secondary N) is 2. The Balaban J connectivity index is 1.75. The zero-order chi connectivity index (χ0) is 20.1. The highest BCUT2D eigenvalue weighted by Gasteiger charge is 2.12. The van der Waals surface area contributed by atoms with Crippen molar-refractivity contribution < 1.29 is 9.53 Å². The highest BCUT2D eigenvalue weighted by Crippen LogP contribution is 2.28. The molecule has 2 N–H and O–H groups in total. The molecule has 0 saturated heterocycles. The third kappa shape index (κ3) is 4.72. The maximum atomic E-state index is 12.6. The maximum Gasteiger partial charge on any atom is 0.274 e. The standard InChI is InChI=1S/C21H21ClN4O2/c1-26(2)17-7-5-15(6-8-17)24-16-10-11-23-19(13-16)21(27)25-18-12-14(22)4-9-20(18)28-3/h4-13H,1-3H3,(H,23,24)(H,25,27). The van der Waals surface area contributed by atoms with Crippen molar-refractivity contribution >= 4 is 40.3 Å². The number of nitrogens with zero attached hydrogens (tertiary/aromatic N) is 2. The Bertz CT molecular complexity index is 974. The molecule has 28 heavy (non-hydrogen) atoms. The Morgan fingerprint density at radius 2 is 1.79 bits per heavy atom. The van der Waals surface area contributed by atoms with Gasteiger partial charge < -0.3 is 20.3 Å². The van der Waals surface area contributed by atoms with Crippen LogP contribution in [-0.4, -0.2) is 32.1 Å². The van der Waals surface area contributed by atoms with Gasteiger partial charge in [0.2, 0.25) is 0 Å². The van der Waals surface area contributed by atoms with Gasteiger partial charge in [0.25, 0.3) is 5.91 Å². The van der Waals surface area contributed by atoms with Crippen LogP contribution in [0.3, 0.4) is 0 Å². The van der Waals surface area contributed by atoms with E-state index in [4.69, 9.17) is 16.3 Å². The van der Waals surface area contributed by atoms with E-state index < -0.39 is 0 Å². The molecular weight excluding hydrogens is 376 g/mol. The SMILES string of the molecule is COc1ccc(Cl)cc1NC(=O)c1cc(Nc2ccc(N(C)C)cc2)ccn1. The van der Waals surface area contributed by atoms with Crippen LogP contribution in [0, 0.1) is 0 Å². The molecule has 6 nitrogen and oxygen atoms in total. The summed E-state index contributed by atoms with van der Waals surface area (Å²) in [5, 5.41) is 6.56. The monoisotopic (exact) mass is 396 g/mol. The van der Waals surface area contributed by atoms with Gasteiger partial charge in [0, 0.05) is 42.4 Å². The number of amides is 1. The van der Waals surface area contributed by atoms with Crippen LogP contribution >= 0.6 is 11.6 Å². The van der Waals surface area contributed by atoms with Gasteiger partial charge in [-0.2, -0.15) is 0 Å². The number of pyridine rings is 1. The van der Waals surface area contributed by atoms with Crippen molar-refractivity contribution in [3.63, 3.8) is 0 Å². The zero-order valence-electron chi connectivity index (χ0n) is 15.9. The molecule has 0 aliphatic heterocycles. The quantitative estimate of drug-likeness (QED) is 0.626. The third-order valence-corrected chi connectivity index (χ3v) is 4.31. The van der Waals surface area contributed by atoms with Gasteiger partial charge in [-0.3, -0.25) is 9.78 Å². The fourth-order valence-electron chi connectivity index (χ4n) is 2.61. The van der Waals surface area contributed by atoms with Crippen LogP contribution in [0.5, 0.6) is 5.75 Å². The average molecular weight is 397 g/mol. The number of hydrogen-bond donors (Lipinski definition) is 2. The van der Waals surface area contributed by atoms with Gasteiger partial charge in [-0.05, 0) is 54.6 Å².